The molecule has 0 aliphatic carbocycles. The van der Waals surface area contributed by atoms with Crippen LogP contribution in [0.5, 0.6) is 5.75 Å². The Balaban J connectivity index is 1.52. The first-order chi connectivity index (χ1) is 18.8. The lowest BCUT2D eigenvalue weighted by atomic mass is 9.69. The van der Waals surface area contributed by atoms with E-state index in [1.54, 1.807) is 18.2 Å². The van der Waals surface area contributed by atoms with Crippen LogP contribution >= 0.6 is 0 Å². The number of halogens is 3. The highest BCUT2D eigenvalue weighted by molar-refractivity contribution is 5.85. The Morgan fingerprint density at radius 1 is 1.05 bits per heavy atom. The van der Waals surface area contributed by atoms with Crippen LogP contribution in [0, 0.1) is 11.8 Å². The summed E-state index contributed by atoms with van der Waals surface area (Å²) in [5.41, 5.74) is -1.33. The molecule has 4 aromatic rings. The van der Waals surface area contributed by atoms with Crippen LogP contribution < -0.4 is 4.74 Å². The van der Waals surface area contributed by atoms with Gasteiger partial charge in [-0.1, -0.05) is 42.5 Å². The maximum absolute atomic E-state index is 15.8. The number of benzene rings is 3. The highest BCUT2D eigenvalue weighted by Crippen LogP contribution is 2.54. The van der Waals surface area contributed by atoms with Crippen molar-refractivity contribution in [1.82, 2.24) is 9.88 Å². The molecule has 3 aliphatic heterocycles. The predicted molar refractivity (Wildman–Crippen MR) is 147 cm³/mol. The van der Waals surface area contributed by atoms with Crippen LogP contribution in [0.25, 0.3) is 21.7 Å². The number of pyridine rings is 1. The molecule has 3 aromatic carbocycles. The molecule has 0 saturated carbocycles. The molecule has 0 radical (unpaired) electrons. The number of alkyl halides is 3. The Morgan fingerprint density at radius 3 is 2.59 bits per heavy atom. The summed E-state index contributed by atoms with van der Waals surface area (Å²) in [5.74, 6) is 0.779. The van der Waals surface area contributed by atoms with E-state index >= 15 is 13.2 Å². The van der Waals surface area contributed by atoms with Crippen LogP contribution in [0.4, 0.5) is 13.2 Å². The normalized spacial score (nSPS) is 24.5. The van der Waals surface area contributed by atoms with Gasteiger partial charge in [0.2, 0.25) is 5.60 Å². The fourth-order valence-electron chi connectivity index (χ4n) is 6.64. The van der Waals surface area contributed by atoms with Gasteiger partial charge in [0.05, 0.1) is 25.3 Å². The number of piperidine rings is 3. The summed E-state index contributed by atoms with van der Waals surface area (Å²) in [6.07, 6.45) is -0.122. The number of methoxy groups -OCH3 is 1. The molecular formula is C32H31F3N2O2. The fourth-order valence-corrected chi connectivity index (χ4v) is 6.64. The molecule has 3 aliphatic rings. The Labute approximate surface area is 226 Å². The summed E-state index contributed by atoms with van der Waals surface area (Å²) < 4.78 is 59.1. The van der Waals surface area contributed by atoms with Gasteiger partial charge >= 0.3 is 6.18 Å². The van der Waals surface area contributed by atoms with Crippen LogP contribution in [0.2, 0.25) is 0 Å². The van der Waals surface area contributed by atoms with Gasteiger partial charge in [0.25, 0.3) is 0 Å². The highest BCUT2D eigenvalue weighted by Gasteiger charge is 2.65. The van der Waals surface area contributed by atoms with Crippen molar-refractivity contribution in [3.63, 3.8) is 0 Å². The summed E-state index contributed by atoms with van der Waals surface area (Å²) >= 11 is 0. The van der Waals surface area contributed by atoms with Gasteiger partial charge in [-0.3, -0.25) is 9.88 Å². The lowest BCUT2D eigenvalue weighted by molar-refractivity contribution is -0.318. The smallest absolute Gasteiger partial charge is 0.423 e. The Bertz CT molecular complexity index is 1520. The van der Waals surface area contributed by atoms with Crippen molar-refractivity contribution in [2.75, 3.05) is 20.2 Å². The number of aromatic nitrogens is 1. The zero-order valence-electron chi connectivity index (χ0n) is 21.8. The van der Waals surface area contributed by atoms with Crippen LogP contribution in [0.3, 0.4) is 0 Å². The van der Waals surface area contributed by atoms with Crippen molar-refractivity contribution in [3.05, 3.63) is 96.7 Å². The monoisotopic (exact) mass is 532 g/mol. The van der Waals surface area contributed by atoms with E-state index < -0.39 is 17.8 Å². The summed E-state index contributed by atoms with van der Waals surface area (Å²) in [6, 6.07) is 19.1. The first kappa shape index (κ1) is 25.8. The van der Waals surface area contributed by atoms with Crippen LogP contribution in [-0.2, 0) is 16.9 Å². The molecule has 7 heteroatoms. The van der Waals surface area contributed by atoms with E-state index in [4.69, 9.17) is 9.47 Å². The molecule has 0 N–H and O–H groups in total. The second-order valence-electron chi connectivity index (χ2n) is 10.6. The van der Waals surface area contributed by atoms with Gasteiger partial charge in [-0.25, -0.2) is 0 Å². The summed E-state index contributed by atoms with van der Waals surface area (Å²) in [4.78, 5) is 6.34. The van der Waals surface area contributed by atoms with Crippen LogP contribution in [0.1, 0.15) is 24.0 Å². The summed E-state index contributed by atoms with van der Waals surface area (Å²) in [6.45, 7) is 4.92. The number of hydrogen-bond donors (Lipinski definition) is 0. The minimum atomic E-state index is -4.70. The zero-order chi connectivity index (χ0) is 27.2. The molecule has 1 aromatic heterocycles. The molecule has 0 amide bonds. The largest absolute Gasteiger partial charge is 0.497 e. The van der Waals surface area contributed by atoms with Crippen molar-refractivity contribution in [3.8, 4) is 5.75 Å². The first-order valence-corrected chi connectivity index (χ1v) is 13.3. The Morgan fingerprint density at radius 2 is 1.87 bits per heavy atom. The number of ether oxygens (including phenoxy) is 2. The molecular weight excluding hydrogens is 501 g/mol. The van der Waals surface area contributed by atoms with E-state index in [1.165, 1.54) is 19.4 Å². The average Bonchev–Trinajstić information content (AvgIpc) is 2.96. The van der Waals surface area contributed by atoms with Gasteiger partial charge in [-0.2, -0.15) is 13.2 Å². The van der Waals surface area contributed by atoms with Gasteiger partial charge in [0.15, 0.2) is 0 Å². The van der Waals surface area contributed by atoms with Crippen LogP contribution in [-0.4, -0.2) is 42.3 Å². The summed E-state index contributed by atoms with van der Waals surface area (Å²) in [5, 5.41) is 2.38. The maximum Gasteiger partial charge on any atom is 0.423 e. The number of fused-ring (bicyclic) bond motifs is 5. The second-order valence-corrected chi connectivity index (χ2v) is 10.6. The third-order valence-electron chi connectivity index (χ3n) is 8.63. The standard InChI is InChI=1S/C32H31F3N2O2/c1-3-22-19-37-15-13-25(22)17-30(37)31(32(33,34)35,28-12-14-36-29-11-10-26(38-2)18-27(28)29)39-20-21-8-9-23-6-4-5-7-24(23)16-21/h3-12,14,16,18,22,25,30H,1,13,15,17,19-20H2,2H3/t22-,25-,30+,31+/m0/s1. The van der Waals surface area contributed by atoms with Gasteiger partial charge in [0.1, 0.15) is 5.75 Å². The predicted octanol–water partition coefficient (Wildman–Crippen LogP) is 7.27. The van der Waals surface area contributed by atoms with Crippen molar-refractivity contribution < 1.29 is 22.6 Å². The number of hydrogen-bond acceptors (Lipinski definition) is 4. The van der Waals surface area contributed by atoms with Gasteiger partial charge in [-0.15, -0.1) is 6.58 Å². The molecule has 1 unspecified atom stereocenters. The third kappa shape index (κ3) is 4.38. The van der Waals surface area contributed by atoms with Gasteiger partial charge in [0, 0.05) is 23.7 Å². The fraction of sp³-hybridized carbons (Fsp3) is 0.344. The number of nitrogens with zero attached hydrogens (tertiary/aromatic N) is 2. The Kier molecular flexibility index (Phi) is 6.60. The molecule has 39 heavy (non-hydrogen) atoms. The Hall–Kier alpha value is -3.42. The molecule has 4 heterocycles. The molecule has 2 bridgehead atoms. The van der Waals surface area contributed by atoms with Gasteiger partial charge in [-0.05, 0) is 77.9 Å². The topological polar surface area (TPSA) is 34.6 Å². The SMILES string of the molecule is C=C[C@H]1CN2CC[C@H]1C[C@@H]2[C@](OCc1ccc2ccccc2c1)(c1ccnc2ccc(OC)cc12)C(F)(F)F. The lowest BCUT2D eigenvalue weighted by Gasteiger charge is -2.56. The average molecular weight is 533 g/mol. The second kappa shape index (κ2) is 9.96. The van der Waals surface area contributed by atoms with Crippen molar-refractivity contribution in [1.29, 1.82) is 0 Å². The molecule has 5 atom stereocenters. The zero-order valence-corrected chi connectivity index (χ0v) is 21.8. The van der Waals surface area contributed by atoms with E-state index in [0.717, 1.165) is 17.2 Å². The maximum atomic E-state index is 15.8. The molecule has 4 nitrogen and oxygen atoms in total. The van der Waals surface area contributed by atoms with E-state index in [-0.39, 0.29) is 24.0 Å². The molecule has 3 fully saturated rings. The minimum absolute atomic E-state index is 0.0763. The molecule has 3 saturated heterocycles. The molecule has 0 spiro atoms. The van der Waals surface area contributed by atoms with Gasteiger partial charge < -0.3 is 9.47 Å². The third-order valence-corrected chi connectivity index (χ3v) is 8.63. The highest BCUT2D eigenvalue weighted by atomic mass is 19.4. The molecule has 202 valence electrons. The van der Waals surface area contributed by atoms with E-state index in [0.29, 0.717) is 41.7 Å². The summed E-state index contributed by atoms with van der Waals surface area (Å²) in [7, 11) is 1.51. The van der Waals surface area contributed by atoms with E-state index in [1.807, 2.05) is 53.4 Å². The van der Waals surface area contributed by atoms with Crippen molar-refractivity contribution in [2.45, 2.75) is 37.3 Å². The minimum Gasteiger partial charge on any atom is -0.497 e. The lowest BCUT2D eigenvalue weighted by Crippen LogP contribution is -2.66. The van der Waals surface area contributed by atoms with E-state index in [2.05, 4.69) is 11.6 Å². The molecule has 7 rings (SSSR count). The quantitative estimate of drug-likeness (QED) is 0.235. The first-order valence-electron chi connectivity index (χ1n) is 13.3. The van der Waals surface area contributed by atoms with Crippen molar-refractivity contribution in [2.24, 2.45) is 11.8 Å². The van der Waals surface area contributed by atoms with Crippen molar-refractivity contribution >= 4 is 21.7 Å². The number of rotatable bonds is 7. The van der Waals surface area contributed by atoms with Crippen LogP contribution in [0.15, 0.2) is 85.6 Å². The van der Waals surface area contributed by atoms with E-state index in [9.17, 15) is 0 Å².